The van der Waals surface area contributed by atoms with Crippen LogP contribution in [0.15, 0.2) is 30.5 Å². The van der Waals surface area contributed by atoms with Crippen molar-refractivity contribution in [3.8, 4) is 0 Å². The van der Waals surface area contributed by atoms with E-state index < -0.39 is 12.1 Å². The molecule has 2 aromatic rings. The Morgan fingerprint density at radius 3 is 2.54 bits per heavy atom. The number of carboxylic acid groups (broad SMARTS) is 1. The summed E-state index contributed by atoms with van der Waals surface area (Å²) in [5.74, 6) is -2.21. The minimum absolute atomic E-state index is 0.0271. The second-order valence-electron chi connectivity index (χ2n) is 5.71. The summed E-state index contributed by atoms with van der Waals surface area (Å²) in [5, 5.41) is 9.11. The predicted octanol–water partition coefficient (Wildman–Crippen LogP) is 1.51. The molecule has 1 aromatic carbocycles. The number of hydrogen-bond donors (Lipinski definition) is 3. The number of aromatic nitrogens is 1. The highest BCUT2D eigenvalue weighted by Gasteiger charge is 2.38. The number of halogens is 3. The lowest BCUT2D eigenvalue weighted by atomic mass is 10.1. The number of pyridine rings is 1. The average molecular weight is 370 g/mol. The third-order valence-corrected chi connectivity index (χ3v) is 3.82. The Kier molecular flexibility index (Phi) is 5.66. The topological polar surface area (TPSA) is 123 Å². The molecule has 1 amide bonds. The third-order valence-electron chi connectivity index (χ3n) is 3.82. The largest absolute Gasteiger partial charge is 0.490 e. The van der Waals surface area contributed by atoms with Crippen molar-refractivity contribution in [3.63, 3.8) is 0 Å². The Morgan fingerprint density at radius 1 is 1.35 bits per heavy atom. The molecule has 2 heterocycles. The number of carboxylic acids is 1. The van der Waals surface area contributed by atoms with E-state index in [9.17, 15) is 18.0 Å². The zero-order valence-electron chi connectivity index (χ0n) is 13.5. The molecule has 1 atom stereocenters. The number of anilines is 1. The van der Waals surface area contributed by atoms with Crippen LogP contribution in [0.2, 0.25) is 0 Å². The molecule has 1 fully saturated rings. The fourth-order valence-electron chi connectivity index (χ4n) is 2.48. The number of amides is 1. The summed E-state index contributed by atoms with van der Waals surface area (Å²) in [4.78, 5) is 26.6. The van der Waals surface area contributed by atoms with Gasteiger partial charge in [0.1, 0.15) is 5.82 Å². The van der Waals surface area contributed by atoms with Crippen LogP contribution in [0.5, 0.6) is 0 Å². The summed E-state index contributed by atoms with van der Waals surface area (Å²) in [6.07, 6.45) is -2.66. The van der Waals surface area contributed by atoms with Crippen molar-refractivity contribution < 1.29 is 27.9 Å². The van der Waals surface area contributed by atoms with E-state index in [0.717, 1.165) is 29.3 Å². The van der Waals surface area contributed by atoms with E-state index in [1.165, 1.54) is 0 Å². The highest BCUT2D eigenvalue weighted by Crippen LogP contribution is 2.22. The number of aliphatic carboxylic acids is 1. The Hall–Kier alpha value is -2.88. The first-order valence-electron chi connectivity index (χ1n) is 7.57. The average Bonchev–Trinajstić information content (AvgIpc) is 2.87. The van der Waals surface area contributed by atoms with Gasteiger partial charge in [0, 0.05) is 24.7 Å². The summed E-state index contributed by atoms with van der Waals surface area (Å²) in [5.41, 5.74) is 12.6. The summed E-state index contributed by atoms with van der Waals surface area (Å²) < 4.78 is 31.7. The maximum Gasteiger partial charge on any atom is 0.490 e. The number of carbonyl (C=O) groups excluding carboxylic acids is 1. The molecule has 0 saturated carbocycles. The minimum atomic E-state index is -5.08. The van der Waals surface area contributed by atoms with Gasteiger partial charge in [0.25, 0.3) is 0 Å². The molecular formula is C16H17F3N4O3. The molecule has 3 rings (SSSR count). The van der Waals surface area contributed by atoms with Gasteiger partial charge in [-0.05, 0) is 29.5 Å². The van der Waals surface area contributed by atoms with Crippen molar-refractivity contribution in [2.24, 2.45) is 5.73 Å². The lowest BCUT2D eigenvalue weighted by molar-refractivity contribution is -0.192. The quantitative estimate of drug-likeness (QED) is 0.736. The van der Waals surface area contributed by atoms with Crippen molar-refractivity contribution in [1.29, 1.82) is 0 Å². The first kappa shape index (κ1) is 19.4. The Morgan fingerprint density at radius 2 is 2.00 bits per heavy atom. The van der Waals surface area contributed by atoms with Crippen LogP contribution in [0.25, 0.3) is 10.8 Å². The maximum absolute atomic E-state index is 11.8. The normalized spacial score (nSPS) is 17.2. The van der Waals surface area contributed by atoms with E-state index in [4.69, 9.17) is 21.4 Å². The maximum atomic E-state index is 11.8. The molecule has 0 bridgehead atoms. The fourth-order valence-corrected chi connectivity index (χ4v) is 2.48. The number of fused-ring (bicyclic) bond motifs is 1. The number of likely N-dealkylation sites (tertiary alicyclic amines) is 1. The van der Waals surface area contributed by atoms with E-state index in [2.05, 4.69) is 4.98 Å². The number of nitrogens with zero attached hydrogens (tertiary/aromatic N) is 2. The summed E-state index contributed by atoms with van der Waals surface area (Å²) in [6, 6.07) is 7.59. The van der Waals surface area contributed by atoms with Gasteiger partial charge in [-0.2, -0.15) is 13.2 Å². The molecule has 140 valence electrons. The zero-order valence-corrected chi connectivity index (χ0v) is 13.5. The molecule has 0 spiro atoms. The summed E-state index contributed by atoms with van der Waals surface area (Å²) in [6.45, 7) is 1.30. The molecule has 1 aliphatic rings. The van der Waals surface area contributed by atoms with Crippen molar-refractivity contribution in [2.75, 3.05) is 12.3 Å². The predicted molar refractivity (Wildman–Crippen MR) is 87.9 cm³/mol. The summed E-state index contributed by atoms with van der Waals surface area (Å²) in [7, 11) is 0. The highest BCUT2D eigenvalue weighted by molar-refractivity contribution is 5.91. The first-order valence-corrected chi connectivity index (χ1v) is 7.57. The van der Waals surface area contributed by atoms with Gasteiger partial charge in [-0.25, -0.2) is 9.78 Å². The lowest BCUT2D eigenvalue weighted by Gasteiger charge is -2.16. The van der Waals surface area contributed by atoms with Crippen LogP contribution in [0.4, 0.5) is 19.0 Å². The number of carbonyl (C=O) groups is 2. The number of nitrogens with two attached hydrogens (primary N) is 2. The SMILES string of the molecule is Nc1nccc2ccc(CN3CC[C@@H](N)C3=O)cc12.O=C(O)C(F)(F)F. The van der Waals surface area contributed by atoms with Gasteiger partial charge in [-0.1, -0.05) is 12.1 Å². The van der Waals surface area contributed by atoms with Crippen LogP contribution in [0.3, 0.4) is 0 Å². The van der Waals surface area contributed by atoms with Crippen LogP contribution in [-0.2, 0) is 16.1 Å². The van der Waals surface area contributed by atoms with Crippen molar-refractivity contribution >= 4 is 28.5 Å². The standard InChI is InChI=1S/C14H16N4O.C2HF3O2/c15-12-4-6-18(14(12)19)8-9-1-2-10-3-5-17-13(16)11(10)7-9;3-2(4,5)1(6)7/h1-3,5,7,12H,4,6,8,15H2,(H2,16,17);(H,6,7)/t12-;/m1./s1. The monoisotopic (exact) mass is 370 g/mol. The van der Waals surface area contributed by atoms with Gasteiger partial charge in [-0.3, -0.25) is 4.79 Å². The van der Waals surface area contributed by atoms with Gasteiger partial charge in [0.2, 0.25) is 5.91 Å². The van der Waals surface area contributed by atoms with E-state index in [1.807, 2.05) is 24.3 Å². The van der Waals surface area contributed by atoms with Crippen LogP contribution in [-0.4, -0.2) is 45.6 Å². The Balaban J connectivity index is 0.000000298. The molecule has 10 heteroatoms. The molecule has 1 saturated heterocycles. The van der Waals surface area contributed by atoms with E-state index >= 15 is 0 Å². The lowest BCUT2D eigenvalue weighted by Crippen LogP contribution is -2.33. The number of hydrogen-bond acceptors (Lipinski definition) is 5. The first-order chi connectivity index (χ1) is 12.1. The van der Waals surface area contributed by atoms with Gasteiger partial charge < -0.3 is 21.5 Å². The van der Waals surface area contributed by atoms with Crippen molar-refractivity contribution in [3.05, 3.63) is 36.0 Å². The van der Waals surface area contributed by atoms with Crippen molar-refractivity contribution in [2.45, 2.75) is 25.2 Å². The smallest absolute Gasteiger partial charge is 0.475 e. The molecule has 7 nitrogen and oxygen atoms in total. The fraction of sp³-hybridized carbons (Fsp3) is 0.312. The number of benzene rings is 1. The zero-order chi connectivity index (χ0) is 19.5. The second kappa shape index (κ2) is 7.56. The van der Waals surface area contributed by atoms with Crippen molar-refractivity contribution in [1.82, 2.24) is 9.88 Å². The van der Waals surface area contributed by atoms with E-state index in [1.54, 1.807) is 11.1 Å². The van der Waals surface area contributed by atoms with Crippen LogP contribution in [0, 0.1) is 0 Å². The van der Waals surface area contributed by atoms with E-state index in [-0.39, 0.29) is 11.9 Å². The molecule has 0 aliphatic carbocycles. The number of nitrogen functional groups attached to an aromatic ring is 1. The van der Waals surface area contributed by atoms with Crippen LogP contribution in [0.1, 0.15) is 12.0 Å². The van der Waals surface area contributed by atoms with Gasteiger partial charge in [0.15, 0.2) is 0 Å². The molecule has 26 heavy (non-hydrogen) atoms. The molecular weight excluding hydrogens is 353 g/mol. The summed E-state index contributed by atoms with van der Waals surface area (Å²) >= 11 is 0. The Bertz CT molecular complexity index is 826. The van der Waals surface area contributed by atoms with Gasteiger partial charge >= 0.3 is 12.1 Å². The van der Waals surface area contributed by atoms with Crippen LogP contribution >= 0.6 is 0 Å². The minimum Gasteiger partial charge on any atom is -0.475 e. The molecule has 1 aromatic heterocycles. The van der Waals surface area contributed by atoms with Gasteiger partial charge in [-0.15, -0.1) is 0 Å². The number of rotatable bonds is 2. The van der Waals surface area contributed by atoms with Gasteiger partial charge in [0.05, 0.1) is 6.04 Å². The second-order valence-corrected chi connectivity index (χ2v) is 5.71. The molecule has 0 unspecified atom stereocenters. The number of alkyl halides is 3. The van der Waals surface area contributed by atoms with E-state index in [0.29, 0.717) is 12.4 Å². The third kappa shape index (κ3) is 4.60. The molecule has 5 N–H and O–H groups in total. The molecule has 1 aliphatic heterocycles. The highest BCUT2D eigenvalue weighted by atomic mass is 19.4. The molecule has 0 radical (unpaired) electrons. The van der Waals surface area contributed by atoms with Crippen LogP contribution < -0.4 is 11.5 Å². The Labute approximate surface area is 146 Å².